The smallest absolute Gasteiger partial charge is 0.422 e. The van der Waals surface area contributed by atoms with Gasteiger partial charge in [0.2, 0.25) is 5.88 Å². The zero-order chi connectivity index (χ0) is 10.6. The molecule has 0 aromatic carbocycles. The predicted octanol–water partition coefficient (Wildman–Crippen LogP) is 1.88. The molecule has 86 valence electrons. The molecule has 0 aliphatic heterocycles. The van der Waals surface area contributed by atoms with Crippen molar-refractivity contribution in [2.24, 2.45) is 0 Å². The third kappa shape index (κ3) is 5.26. The van der Waals surface area contributed by atoms with Gasteiger partial charge in [-0.05, 0) is 0 Å². The van der Waals surface area contributed by atoms with Crippen molar-refractivity contribution >= 4 is 18.2 Å². The van der Waals surface area contributed by atoms with Crippen molar-refractivity contribution in [2.75, 3.05) is 19.0 Å². The van der Waals surface area contributed by atoms with E-state index in [1.807, 2.05) is 0 Å². The average Bonchev–Trinajstić information content (AvgIpc) is 2.14. The highest BCUT2D eigenvalue weighted by Crippen LogP contribution is 2.17. The number of hydrogen-bond donors (Lipinski definition) is 1. The molecule has 1 rings (SSSR count). The molecule has 0 fully saturated rings. The van der Waals surface area contributed by atoms with Gasteiger partial charge in [0.25, 0.3) is 0 Å². The standard InChI is InChI=1S/C7H8F3N3O.ClH/c1-11-5-2-6(13-4-12-5)14-3-7(8,9)10;/h2,4H,3H2,1H3,(H,11,12,13);1H. The minimum atomic E-state index is -4.36. The Labute approximate surface area is 90.3 Å². The van der Waals surface area contributed by atoms with E-state index in [0.717, 1.165) is 6.33 Å². The molecule has 8 heteroatoms. The summed E-state index contributed by atoms with van der Waals surface area (Å²) >= 11 is 0. The topological polar surface area (TPSA) is 47.0 Å². The molecule has 1 N–H and O–H groups in total. The molecule has 0 saturated heterocycles. The van der Waals surface area contributed by atoms with Gasteiger partial charge in [-0.2, -0.15) is 13.2 Å². The summed E-state index contributed by atoms with van der Waals surface area (Å²) in [6, 6.07) is 1.28. The van der Waals surface area contributed by atoms with E-state index < -0.39 is 12.8 Å². The molecular formula is C7H9ClF3N3O. The van der Waals surface area contributed by atoms with E-state index in [0.29, 0.717) is 5.82 Å². The van der Waals surface area contributed by atoms with Crippen LogP contribution >= 0.6 is 12.4 Å². The second kappa shape index (κ2) is 5.59. The highest BCUT2D eigenvalue weighted by Gasteiger charge is 2.28. The first-order valence-corrected chi connectivity index (χ1v) is 3.70. The quantitative estimate of drug-likeness (QED) is 0.881. The summed E-state index contributed by atoms with van der Waals surface area (Å²) in [5.41, 5.74) is 0. The number of rotatable bonds is 3. The zero-order valence-electron chi connectivity index (χ0n) is 7.71. The SMILES string of the molecule is CNc1cc(OCC(F)(F)F)ncn1.Cl. The number of aromatic nitrogens is 2. The second-order valence-corrected chi connectivity index (χ2v) is 2.40. The van der Waals surface area contributed by atoms with Crippen molar-refractivity contribution < 1.29 is 17.9 Å². The maximum absolute atomic E-state index is 11.7. The highest BCUT2D eigenvalue weighted by molar-refractivity contribution is 5.85. The molecule has 0 radical (unpaired) electrons. The van der Waals surface area contributed by atoms with E-state index in [1.165, 1.54) is 6.07 Å². The molecule has 0 saturated carbocycles. The van der Waals surface area contributed by atoms with Crippen LogP contribution in [0.4, 0.5) is 19.0 Å². The number of nitrogens with zero attached hydrogens (tertiary/aromatic N) is 2. The highest BCUT2D eigenvalue weighted by atomic mass is 35.5. The molecule has 0 amide bonds. The first kappa shape index (κ1) is 13.8. The molecule has 0 atom stereocenters. The fourth-order valence-electron chi connectivity index (χ4n) is 0.711. The largest absolute Gasteiger partial charge is 0.468 e. The van der Waals surface area contributed by atoms with Gasteiger partial charge >= 0.3 is 6.18 Å². The van der Waals surface area contributed by atoms with Gasteiger partial charge in [-0.25, -0.2) is 9.97 Å². The average molecular weight is 244 g/mol. The van der Waals surface area contributed by atoms with Crippen LogP contribution in [0.2, 0.25) is 0 Å². The van der Waals surface area contributed by atoms with Crippen molar-refractivity contribution in [1.82, 2.24) is 9.97 Å². The van der Waals surface area contributed by atoms with Gasteiger partial charge in [-0.3, -0.25) is 0 Å². The summed E-state index contributed by atoms with van der Waals surface area (Å²) in [5.74, 6) is 0.291. The van der Waals surface area contributed by atoms with Crippen LogP contribution in [0.15, 0.2) is 12.4 Å². The van der Waals surface area contributed by atoms with Crippen molar-refractivity contribution in [3.8, 4) is 5.88 Å². The summed E-state index contributed by atoms with van der Waals surface area (Å²) in [6.45, 7) is -1.35. The lowest BCUT2D eigenvalue weighted by Crippen LogP contribution is -2.19. The van der Waals surface area contributed by atoms with Crippen LogP contribution in [-0.4, -0.2) is 29.8 Å². The molecule has 0 unspecified atom stereocenters. The van der Waals surface area contributed by atoms with E-state index in [-0.39, 0.29) is 18.3 Å². The van der Waals surface area contributed by atoms with Crippen molar-refractivity contribution in [1.29, 1.82) is 0 Å². The zero-order valence-corrected chi connectivity index (χ0v) is 8.52. The van der Waals surface area contributed by atoms with E-state index in [1.54, 1.807) is 7.05 Å². The summed E-state index contributed by atoms with van der Waals surface area (Å²) in [6.07, 6.45) is -3.23. The third-order valence-electron chi connectivity index (χ3n) is 1.28. The summed E-state index contributed by atoms with van der Waals surface area (Å²) in [4.78, 5) is 7.24. The van der Waals surface area contributed by atoms with Gasteiger partial charge in [0.05, 0.1) is 0 Å². The first-order valence-electron chi connectivity index (χ1n) is 3.70. The second-order valence-electron chi connectivity index (χ2n) is 2.40. The third-order valence-corrected chi connectivity index (χ3v) is 1.28. The molecule has 0 bridgehead atoms. The van der Waals surface area contributed by atoms with Gasteiger partial charge in [-0.1, -0.05) is 0 Å². The number of nitrogens with one attached hydrogen (secondary N) is 1. The van der Waals surface area contributed by atoms with Crippen LogP contribution in [0, 0.1) is 0 Å². The lowest BCUT2D eigenvalue weighted by Gasteiger charge is -2.08. The maximum atomic E-state index is 11.7. The van der Waals surface area contributed by atoms with Gasteiger partial charge in [0, 0.05) is 13.1 Å². The molecule has 1 aromatic rings. The number of ether oxygens (including phenoxy) is 1. The molecule has 0 spiro atoms. The lowest BCUT2D eigenvalue weighted by atomic mass is 10.5. The Kier molecular flexibility index (Phi) is 5.13. The first-order chi connectivity index (χ1) is 6.51. The van der Waals surface area contributed by atoms with Crippen LogP contribution in [0.25, 0.3) is 0 Å². The Balaban J connectivity index is 0.00000196. The van der Waals surface area contributed by atoms with E-state index in [9.17, 15) is 13.2 Å². The Morgan fingerprint density at radius 1 is 1.40 bits per heavy atom. The van der Waals surface area contributed by atoms with E-state index >= 15 is 0 Å². The van der Waals surface area contributed by atoms with Crippen LogP contribution in [0.1, 0.15) is 0 Å². The van der Waals surface area contributed by atoms with Gasteiger partial charge in [0.1, 0.15) is 12.1 Å². The Hall–Kier alpha value is -1.24. The maximum Gasteiger partial charge on any atom is 0.422 e. The summed E-state index contributed by atoms with van der Waals surface area (Å²) in [5, 5.41) is 2.65. The van der Waals surface area contributed by atoms with Crippen LogP contribution in [0.3, 0.4) is 0 Å². The number of hydrogen-bond acceptors (Lipinski definition) is 4. The van der Waals surface area contributed by atoms with Crippen molar-refractivity contribution in [3.05, 3.63) is 12.4 Å². The molecular weight excluding hydrogens is 235 g/mol. The number of alkyl halides is 3. The minimum Gasteiger partial charge on any atom is -0.468 e. The number of anilines is 1. The van der Waals surface area contributed by atoms with Gasteiger partial charge < -0.3 is 10.1 Å². The molecule has 15 heavy (non-hydrogen) atoms. The summed E-state index contributed by atoms with van der Waals surface area (Å²) in [7, 11) is 1.59. The van der Waals surface area contributed by atoms with Crippen molar-refractivity contribution in [3.63, 3.8) is 0 Å². The van der Waals surface area contributed by atoms with Gasteiger partial charge in [0.15, 0.2) is 6.61 Å². The Morgan fingerprint density at radius 2 is 2.07 bits per heavy atom. The molecule has 0 aliphatic carbocycles. The van der Waals surface area contributed by atoms with E-state index in [2.05, 4.69) is 20.0 Å². The van der Waals surface area contributed by atoms with Crippen molar-refractivity contribution in [2.45, 2.75) is 6.18 Å². The number of halogens is 4. The Morgan fingerprint density at radius 3 is 2.60 bits per heavy atom. The monoisotopic (exact) mass is 243 g/mol. The molecule has 1 aromatic heterocycles. The minimum absolute atomic E-state index is 0. The predicted molar refractivity (Wildman–Crippen MR) is 50.4 cm³/mol. The Bertz CT molecular complexity index is 308. The van der Waals surface area contributed by atoms with Crippen LogP contribution in [-0.2, 0) is 0 Å². The molecule has 0 aliphatic rings. The molecule has 1 heterocycles. The fraction of sp³-hybridized carbons (Fsp3) is 0.429. The normalized spacial score (nSPS) is 10.4. The van der Waals surface area contributed by atoms with Gasteiger partial charge in [-0.15, -0.1) is 12.4 Å². The van der Waals surface area contributed by atoms with Crippen LogP contribution in [0.5, 0.6) is 5.88 Å². The fourth-order valence-corrected chi connectivity index (χ4v) is 0.711. The van der Waals surface area contributed by atoms with E-state index in [4.69, 9.17) is 0 Å². The summed E-state index contributed by atoms with van der Waals surface area (Å²) < 4.78 is 39.6. The molecule has 4 nitrogen and oxygen atoms in total. The lowest BCUT2D eigenvalue weighted by molar-refractivity contribution is -0.154. The van der Waals surface area contributed by atoms with Crippen LogP contribution < -0.4 is 10.1 Å².